The van der Waals surface area contributed by atoms with E-state index in [1.54, 1.807) is 11.0 Å². The molecule has 17 heavy (non-hydrogen) atoms. The zero-order chi connectivity index (χ0) is 11.8. The Balaban J connectivity index is 2.03. The first kappa shape index (κ1) is 10.3. The van der Waals surface area contributed by atoms with E-state index in [0.717, 1.165) is 24.4 Å². The van der Waals surface area contributed by atoms with Crippen LogP contribution in [0.5, 0.6) is 0 Å². The molecule has 1 aliphatic rings. The molecule has 0 fully saturated rings. The smallest absolute Gasteiger partial charge is 0.181 e. The van der Waals surface area contributed by atoms with E-state index < -0.39 is 0 Å². The number of nitrogens with zero attached hydrogens (tertiary/aromatic N) is 4. The van der Waals surface area contributed by atoms with E-state index in [-0.39, 0.29) is 0 Å². The van der Waals surface area contributed by atoms with Gasteiger partial charge in [0.25, 0.3) is 0 Å². The summed E-state index contributed by atoms with van der Waals surface area (Å²) in [6.07, 6.45) is 4.11. The van der Waals surface area contributed by atoms with Crippen molar-refractivity contribution in [1.82, 2.24) is 14.8 Å². The van der Waals surface area contributed by atoms with Crippen molar-refractivity contribution < 1.29 is 0 Å². The number of fused-ring (bicyclic) bond motifs is 1. The van der Waals surface area contributed by atoms with Gasteiger partial charge >= 0.3 is 0 Å². The minimum atomic E-state index is 0.809. The number of benzene rings is 1. The van der Waals surface area contributed by atoms with Crippen LogP contribution in [0.2, 0.25) is 0 Å². The first-order valence-corrected chi connectivity index (χ1v) is 5.94. The Hall–Kier alpha value is -1.84. The lowest BCUT2D eigenvalue weighted by atomic mass is 9.99. The summed E-state index contributed by atoms with van der Waals surface area (Å²) in [7, 11) is 4.04. The summed E-state index contributed by atoms with van der Waals surface area (Å²) in [6.45, 7) is 1.15. The molecule has 4 heteroatoms. The number of anilines is 1. The molecule has 0 saturated heterocycles. The van der Waals surface area contributed by atoms with Crippen LogP contribution in [0.15, 0.2) is 24.5 Å². The summed E-state index contributed by atoms with van der Waals surface area (Å²) in [5.41, 5.74) is 3.86. The fraction of sp³-hybridized carbons (Fsp3) is 0.385. The van der Waals surface area contributed by atoms with Crippen molar-refractivity contribution in [3.63, 3.8) is 0 Å². The van der Waals surface area contributed by atoms with Gasteiger partial charge in [0.15, 0.2) is 5.82 Å². The van der Waals surface area contributed by atoms with Crippen molar-refractivity contribution in [3.05, 3.63) is 30.1 Å². The van der Waals surface area contributed by atoms with Crippen LogP contribution in [0, 0.1) is 0 Å². The number of aryl methyl sites for hydroxylation is 2. The minimum Gasteiger partial charge on any atom is -0.374 e. The van der Waals surface area contributed by atoms with Crippen LogP contribution < -0.4 is 4.90 Å². The average Bonchev–Trinajstić information content (AvgIpc) is 2.76. The van der Waals surface area contributed by atoms with Gasteiger partial charge in [-0.1, -0.05) is 0 Å². The quantitative estimate of drug-likeness (QED) is 0.747. The van der Waals surface area contributed by atoms with Gasteiger partial charge in [-0.3, -0.25) is 4.68 Å². The molecule has 88 valence electrons. The summed E-state index contributed by atoms with van der Waals surface area (Å²) in [6, 6.07) is 6.51. The molecule has 2 aromatic rings. The normalized spacial score (nSPS) is 14.8. The largest absolute Gasteiger partial charge is 0.374 e. The zero-order valence-corrected chi connectivity index (χ0v) is 10.2. The van der Waals surface area contributed by atoms with Crippen molar-refractivity contribution in [2.75, 3.05) is 18.5 Å². The maximum atomic E-state index is 4.34. The van der Waals surface area contributed by atoms with Crippen LogP contribution in [0.3, 0.4) is 0 Å². The molecule has 0 aliphatic carbocycles. The van der Waals surface area contributed by atoms with Crippen LogP contribution in [0.4, 0.5) is 5.69 Å². The second-order valence-electron chi connectivity index (χ2n) is 4.61. The highest BCUT2D eigenvalue weighted by Crippen LogP contribution is 2.29. The standard InChI is InChI=1S/C13H16N4/c1-16-7-3-4-10-8-11(5-6-12(10)16)13-14-9-17(2)15-13/h5-6,8-9H,3-4,7H2,1-2H3. The lowest BCUT2D eigenvalue weighted by Gasteiger charge is -2.27. The number of aromatic nitrogens is 3. The van der Waals surface area contributed by atoms with Gasteiger partial charge in [0.1, 0.15) is 6.33 Å². The molecule has 0 spiro atoms. The van der Waals surface area contributed by atoms with E-state index in [1.807, 2.05) is 7.05 Å². The number of rotatable bonds is 1. The van der Waals surface area contributed by atoms with Crippen LogP contribution in [-0.4, -0.2) is 28.4 Å². The molecule has 1 aliphatic heterocycles. The third-order valence-electron chi connectivity index (χ3n) is 3.29. The summed E-state index contributed by atoms with van der Waals surface area (Å²) in [4.78, 5) is 6.61. The van der Waals surface area contributed by atoms with Crippen molar-refractivity contribution in [3.8, 4) is 11.4 Å². The molecule has 3 rings (SSSR count). The van der Waals surface area contributed by atoms with Crippen LogP contribution in [0.25, 0.3) is 11.4 Å². The lowest BCUT2D eigenvalue weighted by molar-refractivity contribution is 0.744. The third-order valence-corrected chi connectivity index (χ3v) is 3.29. The number of hydrogen-bond acceptors (Lipinski definition) is 3. The monoisotopic (exact) mass is 228 g/mol. The zero-order valence-electron chi connectivity index (χ0n) is 10.2. The van der Waals surface area contributed by atoms with Crippen LogP contribution in [-0.2, 0) is 13.5 Å². The molecule has 0 saturated carbocycles. The minimum absolute atomic E-state index is 0.809. The van der Waals surface area contributed by atoms with Gasteiger partial charge in [-0.15, -0.1) is 0 Å². The fourth-order valence-electron chi connectivity index (χ4n) is 2.40. The van der Waals surface area contributed by atoms with E-state index in [1.165, 1.54) is 17.7 Å². The van der Waals surface area contributed by atoms with Gasteiger partial charge in [0.05, 0.1) is 0 Å². The second-order valence-corrected chi connectivity index (χ2v) is 4.61. The first-order valence-electron chi connectivity index (χ1n) is 5.94. The molecular formula is C13H16N4. The maximum Gasteiger partial charge on any atom is 0.181 e. The molecule has 1 aromatic heterocycles. The Morgan fingerprint density at radius 3 is 2.88 bits per heavy atom. The van der Waals surface area contributed by atoms with Gasteiger partial charge in [-0.05, 0) is 36.6 Å². The topological polar surface area (TPSA) is 34.0 Å². The van der Waals surface area contributed by atoms with E-state index >= 15 is 0 Å². The Morgan fingerprint density at radius 1 is 1.24 bits per heavy atom. The Kier molecular flexibility index (Phi) is 2.35. The van der Waals surface area contributed by atoms with E-state index in [2.05, 4.69) is 40.2 Å². The van der Waals surface area contributed by atoms with Crippen molar-refractivity contribution in [2.45, 2.75) is 12.8 Å². The molecule has 2 heterocycles. The highest BCUT2D eigenvalue weighted by Gasteiger charge is 2.14. The Bertz CT molecular complexity index is 544. The van der Waals surface area contributed by atoms with Crippen molar-refractivity contribution in [1.29, 1.82) is 0 Å². The van der Waals surface area contributed by atoms with Gasteiger partial charge in [-0.2, -0.15) is 5.10 Å². The van der Waals surface area contributed by atoms with Gasteiger partial charge in [-0.25, -0.2) is 4.98 Å². The fourth-order valence-corrected chi connectivity index (χ4v) is 2.40. The average molecular weight is 228 g/mol. The maximum absolute atomic E-state index is 4.34. The lowest BCUT2D eigenvalue weighted by Crippen LogP contribution is -2.24. The Morgan fingerprint density at radius 2 is 2.12 bits per heavy atom. The molecule has 0 amide bonds. The molecule has 0 radical (unpaired) electrons. The summed E-state index contributed by atoms with van der Waals surface area (Å²) in [5, 5.41) is 4.34. The third kappa shape index (κ3) is 1.79. The van der Waals surface area contributed by atoms with Gasteiger partial charge in [0.2, 0.25) is 0 Å². The molecule has 0 N–H and O–H groups in total. The summed E-state index contributed by atoms with van der Waals surface area (Å²) < 4.78 is 1.74. The van der Waals surface area contributed by atoms with E-state index in [0.29, 0.717) is 0 Å². The van der Waals surface area contributed by atoms with E-state index in [4.69, 9.17) is 0 Å². The predicted octanol–water partition coefficient (Wildman–Crippen LogP) is 1.86. The highest BCUT2D eigenvalue weighted by atomic mass is 15.3. The first-order chi connectivity index (χ1) is 8.24. The highest BCUT2D eigenvalue weighted by molar-refractivity contribution is 5.65. The van der Waals surface area contributed by atoms with Gasteiger partial charge < -0.3 is 4.90 Å². The Labute approximate surface area is 101 Å². The SMILES string of the molecule is CN1CCCc2cc(-c3ncn(C)n3)ccc21. The van der Waals surface area contributed by atoms with Crippen molar-refractivity contribution >= 4 is 5.69 Å². The molecular weight excluding hydrogens is 212 g/mol. The van der Waals surface area contributed by atoms with Crippen molar-refractivity contribution in [2.24, 2.45) is 7.05 Å². The number of hydrogen-bond donors (Lipinski definition) is 0. The molecule has 0 bridgehead atoms. The molecule has 0 atom stereocenters. The summed E-state index contributed by atoms with van der Waals surface area (Å²) in [5.74, 6) is 0.809. The molecule has 0 unspecified atom stereocenters. The van der Waals surface area contributed by atoms with Gasteiger partial charge in [0, 0.05) is 31.9 Å². The second kappa shape index (κ2) is 3.87. The van der Waals surface area contributed by atoms with E-state index in [9.17, 15) is 0 Å². The van der Waals surface area contributed by atoms with Crippen LogP contribution in [0.1, 0.15) is 12.0 Å². The molecule has 1 aromatic carbocycles. The van der Waals surface area contributed by atoms with Crippen LogP contribution >= 0.6 is 0 Å². The summed E-state index contributed by atoms with van der Waals surface area (Å²) >= 11 is 0. The predicted molar refractivity (Wildman–Crippen MR) is 68.0 cm³/mol. The molecule has 4 nitrogen and oxygen atoms in total.